The Bertz CT molecular complexity index is 366. The summed E-state index contributed by atoms with van der Waals surface area (Å²) in [7, 11) is 0. The van der Waals surface area contributed by atoms with E-state index in [1.54, 1.807) is 11.8 Å². The lowest BCUT2D eigenvalue weighted by Crippen LogP contribution is -2.06. The van der Waals surface area contributed by atoms with Crippen molar-refractivity contribution in [3.05, 3.63) is 23.8 Å². The molecule has 0 heterocycles. The van der Waals surface area contributed by atoms with E-state index in [9.17, 15) is 4.79 Å². The maximum absolute atomic E-state index is 11.3. The molecule has 0 bridgehead atoms. The smallest absolute Gasteiger partial charge is 0.152 e. The van der Waals surface area contributed by atoms with E-state index >= 15 is 0 Å². The SMILES string of the molecule is CCOc1ccc(SC)cc1CC(=O)CCl. The summed E-state index contributed by atoms with van der Waals surface area (Å²) in [5.74, 6) is 0.842. The van der Waals surface area contributed by atoms with Gasteiger partial charge in [-0.2, -0.15) is 0 Å². The molecule has 1 rings (SSSR count). The van der Waals surface area contributed by atoms with Gasteiger partial charge in [-0.05, 0) is 31.4 Å². The number of ether oxygens (including phenoxy) is 1. The first-order valence-electron chi connectivity index (χ1n) is 5.08. The summed E-state index contributed by atoms with van der Waals surface area (Å²) in [5.41, 5.74) is 0.916. The lowest BCUT2D eigenvalue weighted by Gasteiger charge is -2.10. The number of thioether (sulfide) groups is 1. The van der Waals surface area contributed by atoms with Crippen molar-refractivity contribution in [2.45, 2.75) is 18.2 Å². The van der Waals surface area contributed by atoms with E-state index in [0.29, 0.717) is 13.0 Å². The average molecular weight is 259 g/mol. The minimum atomic E-state index is 0.0147. The van der Waals surface area contributed by atoms with Crippen LogP contribution in [0.2, 0.25) is 0 Å². The molecule has 0 amide bonds. The second-order valence-corrected chi connectivity index (χ2v) is 4.40. The first-order valence-corrected chi connectivity index (χ1v) is 6.84. The molecule has 0 unspecified atom stereocenters. The molecule has 4 heteroatoms. The third kappa shape index (κ3) is 3.72. The zero-order valence-corrected chi connectivity index (χ0v) is 11.0. The molecular formula is C12H15ClO2S. The van der Waals surface area contributed by atoms with Crippen LogP contribution in [0.1, 0.15) is 12.5 Å². The summed E-state index contributed by atoms with van der Waals surface area (Å²) in [5, 5.41) is 0. The fourth-order valence-electron chi connectivity index (χ4n) is 1.38. The van der Waals surface area contributed by atoms with Crippen LogP contribution >= 0.6 is 23.4 Å². The highest BCUT2D eigenvalue weighted by atomic mass is 35.5. The van der Waals surface area contributed by atoms with Crippen LogP contribution in [-0.4, -0.2) is 24.5 Å². The van der Waals surface area contributed by atoms with Crippen LogP contribution in [0.15, 0.2) is 23.1 Å². The number of hydrogen-bond acceptors (Lipinski definition) is 3. The van der Waals surface area contributed by atoms with E-state index in [-0.39, 0.29) is 11.7 Å². The zero-order chi connectivity index (χ0) is 12.0. The van der Waals surface area contributed by atoms with Crippen molar-refractivity contribution in [2.75, 3.05) is 18.7 Å². The first-order chi connectivity index (χ1) is 7.71. The summed E-state index contributed by atoms with van der Waals surface area (Å²) >= 11 is 7.15. The first kappa shape index (κ1) is 13.4. The van der Waals surface area contributed by atoms with Crippen LogP contribution in [0.4, 0.5) is 0 Å². The standard InChI is InChI=1S/C12H15ClO2S/c1-3-15-12-5-4-11(16-2)7-9(12)6-10(14)8-13/h4-5,7H,3,6,8H2,1-2H3. The Hall–Kier alpha value is -0.670. The molecular weight excluding hydrogens is 244 g/mol. The van der Waals surface area contributed by atoms with E-state index in [0.717, 1.165) is 16.2 Å². The van der Waals surface area contributed by atoms with Crippen LogP contribution in [0.5, 0.6) is 5.75 Å². The lowest BCUT2D eigenvalue weighted by molar-refractivity contribution is -0.116. The normalized spacial score (nSPS) is 10.2. The predicted molar refractivity (Wildman–Crippen MR) is 68.8 cm³/mol. The number of halogens is 1. The molecule has 0 radical (unpaired) electrons. The van der Waals surface area contributed by atoms with Gasteiger partial charge in [0.25, 0.3) is 0 Å². The van der Waals surface area contributed by atoms with Crippen molar-refractivity contribution in [3.8, 4) is 5.75 Å². The second kappa shape index (κ2) is 6.81. The molecule has 0 aliphatic heterocycles. The molecule has 0 spiro atoms. The number of benzene rings is 1. The van der Waals surface area contributed by atoms with E-state index in [4.69, 9.17) is 16.3 Å². The Kier molecular flexibility index (Phi) is 5.71. The topological polar surface area (TPSA) is 26.3 Å². The van der Waals surface area contributed by atoms with Gasteiger partial charge < -0.3 is 4.74 Å². The minimum Gasteiger partial charge on any atom is -0.494 e. The van der Waals surface area contributed by atoms with Crippen molar-refractivity contribution in [1.29, 1.82) is 0 Å². The Morgan fingerprint density at radius 1 is 1.50 bits per heavy atom. The molecule has 0 saturated heterocycles. The molecule has 0 atom stereocenters. The van der Waals surface area contributed by atoms with Crippen molar-refractivity contribution in [3.63, 3.8) is 0 Å². The van der Waals surface area contributed by atoms with Crippen LogP contribution in [0.3, 0.4) is 0 Å². The molecule has 0 aliphatic carbocycles. The van der Waals surface area contributed by atoms with Gasteiger partial charge in [0.05, 0.1) is 12.5 Å². The van der Waals surface area contributed by atoms with Gasteiger partial charge in [0.2, 0.25) is 0 Å². The van der Waals surface area contributed by atoms with Crippen LogP contribution in [-0.2, 0) is 11.2 Å². The number of ketones is 1. The highest BCUT2D eigenvalue weighted by Crippen LogP contribution is 2.25. The third-order valence-corrected chi connectivity index (χ3v) is 3.13. The lowest BCUT2D eigenvalue weighted by atomic mass is 10.1. The maximum Gasteiger partial charge on any atom is 0.152 e. The fourth-order valence-corrected chi connectivity index (χ4v) is 1.94. The predicted octanol–water partition coefficient (Wildman–Crippen LogP) is 3.16. The fraction of sp³-hybridized carbons (Fsp3) is 0.417. The molecule has 1 aromatic rings. The minimum absolute atomic E-state index is 0.0147. The Morgan fingerprint density at radius 2 is 2.25 bits per heavy atom. The number of Topliss-reactive ketones (excluding diaryl/α,β-unsaturated/α-hetero) is 1. The van der Waals surface area contributed by atoms with Gasteiger partial charge in [0.15, 0.2) is 5.78 Å². The highest BCUT2D eigenvalue weighted by Gasteiger charge is 2.09. The number of hydrogen-bond donors (Lipinski definition) is 0. The summed E-state index contributed by atoms with van der Waals surface area (Å²) < 4.78 is 5.48. The van der Waals surface area contributed by atoms with Gasteiger partial charge >= 0.3 is 0 Å². The van der Waals surface area contributed by atoms with E-state index < -0.39 is 0 Å². The molecule has 16 heavy (non-hydrogen) atoms. The monoisotopic (exact) mass is 258 g/mol. The Morgan fingerprint density at radius 3 is 2.81 bits per heavy atom. The summed E-state index contributed by atoms with van der Waals surface area (Å²) in [4.78, 5) is 12.5. The zero-order valence-electron chi connectivity index (χ0n) is 9.46. The van der Waals surface area contributed by atoms with Gasteiger partial charge in [0, 0.05) is 16.9 Å². The molecule has 0 fully saturated rings. The number of rotatable bonds is 6. The second-order valence-electron chi connectivity index (χ2n) is 3.26. The molecule has 2 nitrogen and oxygen atoms in total. The van der Waals surface area contributed by atoms with E-state index in [1.165, 1.54) is 0 Å². The molecule has 0 N–H and O–H groups in total. The average Bonchev–Trinajstić information content (AvgIpc) is 2.31. The molecule has 0 aliphatic rings. The Labute approximate surface area is 105 Å². The van der Waals surface area contributed by atoms with Gasteiger partial charge in [-0.15, -0.1) is 23.4 Å². The molecule has 1 aromatic carbocycles. The van der Waals surface area contributed by atoms with Crippen LogP contribution < -0.4 is 4.74 Å². The number of carbonyl (C=O) groups excluding carboxylic acids is 1. The maximum atomic E-state index is 11.3. The van der Waals surface area contributed by atoms with E-state index in [1.807, 2.05) is 31.4 Å². The number of alkyl halides is 1. The van der Waals surface area contributed by atoms with Crippen molar-refractivity contribution in [2.24, 2.45) is 0 Å². The van der Waals surface area contributed by atoms with Gasteiger partial charge in [0.1, 0.15) is 5.75 Å². The van der Waals surface area contributed by atoms with E-state index in [2.05, 4.69) is 0 Å². The summed E-state index contributed by atoms with van der Waals surface area (Å²) in [6, 6.07) is 5.89. The highest BCUT2D eigenvalue weighted by molar-refractivity contribution is 7.98. The van der Waals surface area contributed by atoms with Gasteiger partial charge in [-0.1, -0.05) is 0 Å². The molecule has 0 aromatic heterocycles. The molecule has 88 valence electrons. The Balaban J connectivity index is 2.95. The van der Waals surface area contributed by atoms with Gasteiger partial charge in [-0.25, -0.2) is 0 Å². The van der Waals surface area contributed by atoms with Crippen molar-refractivity contribution < 1.29 is 9.53 Å². The summed E-state index contributed by atoms with van der Waals surface area (Å²) in [6.45, 7) is 2.52. The largest absolute Gasteiger partial charge is 0.494 e. The van der Waals surface area contributed by atoms with Gasteiger partial charge in [-0.3, -0.25) is 4.79 Å². The van der Waals surface area contributed by atoms with Crippen LogP contribution in [0, 0.1) is 0 Å². The van der Waals surface area contributed by atoms with Crippen molar-refractivity contribution in [1.82, 2.24) is 0 Å². The summed E-state index contributed by atoms with van der Waals surface area (Å²) in [6.07, 6.45) is 2.34. The number of carbonyl (C=O) groups is 1. The van der Waals surface area contributed by atoms with Crippen LogP contribution in [0.25, 0.3) is 0 Å². The van der Waals surface area contributed by atoms with Crippen molar-refractivity contribution >= 4 is 29.1 Å². The third-order valence-electron chi connectivity index (χ3n) is 2.10. The quantitative estimate of drug-likeness (QED) is 0.579. The molecule has 0 saturated carbocycles.